The number of ether oxygens (including phenoxy) is 2. The van der Waals surface area contributed by atoms with E-state index in [9.17, 15) is 8.42 Å². The Kier molecular flexibility index (Phi) is 6.56. The largest absolute Gasteiger partial charge is 0.490 e. The van der Waals surface area contributed by atoms with Gasteiger partial charge in [-0.15, -0.1) is 0 Å². The highest BCUT2D eigenvalue weighted by Gasteiger charge is 2.11. The van der Waals surface area contributed by atoms with Gasteiger partial charge in [0.2, 0.25) is 0 Å². The number of hydrogen-bond acceptors (Lipinski definition) is 5. The van der Waals surface area contributed by atoms with Crippen molar-refractivity contribution in [3.05, 3.63) is 18.2 Å². The number of nitrogens with one attached hydrogen (secondary N) is 2. The third-order valence-electron chi connectivity index (χ3n) is 2.23. The van der Waals surface area contributed by atoms with Crippen LogP contribution in [-0.2, 0) is 10.2 Å². The molecule has 0 saturated heterocycles. The van der Waals surface area contributed by atoms with Crippen molar-refractivity contribution in [3.8, 4) is 11.5 Å². The lowest BCUT2D eigenvalue weighted by Crippen LogP contribution is -2.33. The molecule has 0 saturated carbocycles. The fraction of sp³-hybridized carbons (Fsp3) is 0.500. The lowest BCUT2D eigenvalue weighted by Gasteiger charge is -2.13. The Hall–Kier alpha value is -1.51. The number of benzene rings is 1. The van der Waals surface area contributed by atoms with Gasteiger partial charge in [0.1, 0.15) is 0 Å². The van der Waals surface area contributed by atoms with Crippen molar-refractivity contribution in [2.24, 2.45) is 5.73 Å². The van der Waals surface area contributed by atoms with Crippen molar-refractivity contribution in [3.63, 3.8) is 0 Å². The van der Waals surface area contributed by atoms with E-state index in [0.717, 1.165) is 0 Å². The molecule has 0 atom stereocenters. The van der Waals surface area contributed by atoms with Crippen LogP contribution in [-0.4, -0.2) is 34.7 Å². The summed E-state index contributed by atoms with van der Waals surface area (Å²) in [5, 5.41) is 0. The molecule has 0 amide bonds. The molecule has 0 aliphatic carbocycles. The molecule has 0 aliphatic rings. The summed E-state index contributed by atoms with van der Waals surface area (Å²) < 4.78 is 38.9. The van der Waals surface area contributed by atoms with E-state index in [2.05, 4.69) is 9.44 Å². The molecule has 0 radical (unpaired) electrons. The number of anilines is 1. The second-order valence-corrected chi connectivity index (χ2v) is 5.32. The van der Waals surface area contributed by atoms with Crippen LogP contribution in [0.4, 0.5) is 5.69 Å². The van der Waals surface area contributed by atoms with Crippen LogP contribution in [0, 0.1) is 0 Å². The summed E-state index contributed by atoms with van der Waals surface area (Å²) in [6, 6.07) is 4.85. The van der Waals surface area contributed by atoms with E-state index in [1.807, 2.05) is 13.8 Å². The molecule has 0 spiro atoms. The van der Waals surface area contributed by atoms with Crippen molar-refractivity contribution in [2.45, 2.75) is 13.8 Å². The molecule has 1 aromatic carbocycles. The Balaban J connectivity index is 2.88. The average molecular weight is 303 g/mol. The van der Waals surface area contributed by atoms with Crippen molar-refractivity contribution in [2.75, 3.05) is 31.0 Å². The Morgan fingerprint density at radius 1 is 1.15 bits per heavy atom. The molecule has 114 valence electrons. The summed E-state index contributed by atoms with van der Waals surface area (Å²) in [5.41, 5.74) is 5.64. The van der Waals surface area contributed by atoms with Gasteiger partial charge in [0.05, 0.1) is 18.9 Å². The summed E-state index contributed by atoms with van der Waals surface area (Å²) in [4.78, 5) is 0. The highest BCUT2D eigenvalue weighted by molar-refractivity contribution is 7.90. The molecule has 4 N–H and O–H groups in total. The standard InChI is InChI=1S/C12H21N3O4S/c1-3-18-11-6-5-10(9-12(11)19-4-2)15-20(16,17)14-8-7-13/h5-6,9,14-15H,3-4,7-8,13H2,1-2H3. The van der Waals surface area contributed by atoms with Crippen LogP contribution in [0.2, 0.25) is 0 Å². The van der Waals surface area contributed by atoms with Gasteiger partial charge in [-0.1, -0.05) is 0 Å². The van der Waals surface area contributed by atoms with E-state index in [1.165, 1.54) is 0 Å². The second kappa shape index (κ2) is 7.93. The molecule has 20 heavy (non-hydrogen) atoms. The van der Waals surface area contributed by atoms with Gasteiger partial charge >= 0.3 is 0 Å². The second-order valence-electron chi connectivity index (χ2n) is 3.82. The van der Waals surface area contributed by atoms with Gasteiger partial charge < -0.3 is 15.2 Å². The van der Waals surface area contributed by atoms with Crippen molar-refractivity contribution in [1.82, 2.24) is 4.72 Å². The lowest BCUT2D eigenvalue weighted by atomic mass is 10.3. The van der Waals surface area contributed by atoms with E-state index in [-0.39, 0.29) is 13.1 Å². The minimum atomic E-state index is -3.63. The van der Waals surface area contributed by atoms with E-state index in [0.29, 0.717) is 30.4 Å². The minimum absolute atomic E-state index is 0.171. The molecule has 0 aliphatic heterocycles. The van der Waals surface area contributed by atoms with Gasteiger partial charge in [0.15, 0.2) is 11.5 Å². The lowest BCUT2D eigenvalue weighted by molar-refractivity contribution is 0.288. The summed E-state index contributed by atoms with van der Waals surface area (Å²) in [6.07, 6.45) is 0. The predicted octanol–water partition coefficient (Wildman–Crippen LogP) is 0.689. The number of nitrogens with two attached hydrogens (primary N) is 1. The summed E-state index contributed by atoms with van der Waals surface area (Å²) in [5.74, 6) is 1.07. The molecular weight excluding hydrogens is 282 g/mol. The molecule has 0 unspecified atom stereocenters. The van der Waals surface area contributed by atoms with Gasteiger partial charge in [-0.3, -0.25) is 4.72 Å². The van der Waals surface area contributed by atoms with Crippen LogP contribution in [0.5, 0.6) is 11.5 Å². The first kappa shape index (κ1) is 16.5. The number of rotatable bonds is 9. The van der Waals surface area contributed by atoms with Gasteiger partial charge in [0.25, 0.3) is 10.2 Å². The quantitative estimate of drug-likeness (QED) is 0.623. The average Bonchev–Trinajstić information content (AvgIpc) is 2.40. The van der Waals surface area contributed by atoms with Gasteiger partial charge in [0, 0.05) is 19.2 Å². The van der Waals surface area contributed by atoms with Crippen LogP contribution in [0.25, 0.3) is 0 Å². The SMILES string of the molecule is CCOc1ccc(NS(=O)(=O)NCCN)cc1OCC. The molecule has 0 aromatic heterocycles. The predicted molar refractivity (Wildman–Crippen MR) is 78.4 cm³/mol. The molecule has 1 aromatic rings. The maximum Gasteiger partial charge on any atom is 0.299 e. The van der Waals surface area contributed by atoms with E-state index < -0.39 is 10.2 Å². The highest BCUT2D eigenvalue weighted by atomic mass is 32.2. The molecule has 1 rings (SSSR count). The molecule has 0 bridgehead atoms. The van der Waals surface area contributed by atoms with E-state index >= 15 is 0 Å². The third-order valence-corrected chi connectivity index (χ3v) is 3.32. The zero-order valence-electron chi connectivity index (χ0n) is 11.7. The third kappa shape index (κ3) is 5.24. The van der Waals surface area contributed by atoms with Crippen LogP contribution in [0.1, 0.15) is 13.8 Å². The molecule has 8 heteroatoms. The van der Waals surface area contributed by atoms with Crippen LogP contribution >= 0.6 is 0 Å². The smallest absolute Gasteiger partial charge is 0.299 e. The van der Waals surface area contributed by atoms with Crippen LogP contribution in [0.3, 0.4) is 0 Å². The zero-order valence-corrected chi connectivity index (χ0v) is 12.5. The normalized spacial score (nSPS) is 11.2. The maximum atomic E-state index is 11.7. The summed E-state index contributed by atoms with van der Waals surface area (Å²) in [6.45, 7) is 5.07. The van der Waals surface area contributed by atoms with Crippen LogP contribution in [0.15, 0.2) is 18.2 Å². The van der Waals surface area contributed by atoms with Crippen molar-refractivity contribution >= 4 is 15.9 Å². The zero-order chi connectivity index (χ0) is 15.0. The van der Waals surface area contributed by atoms with Crippen molar-refractivity contribution < 1.29 is 17.9 Å². The Morgan fingerprint density at radius 2 is 1.80 bits per heavy atom. The summed E-state index contributed by atoms with van der Waals surface area (Å²) in [7, 11) is -3.63. The van der Waals surface area contributed by atoms with Gasteiger partial charge in [-0.2, -0.15) is 13.1 Å². The van der Waals surface area contributed by atoms with Crippen LogP contribution < -0.4 is 24.7 Å². The van der Waals surface area contributed by atoms with E-state index in [4.69, 9.17) is 15.2 Å². The minimum Gasteiger partial charge on any atom is -0.490 e. The molecule has 7 nitrogen and oxygen atoms in total. The summed E-state index contributed by atoms with van der Waals surface area (Å²) >= 11 is 0. The molecular formula is C12H21N3O4S. The Bertz CT molecular complexity index is 519. The first-order valence-electron chi connectivity index (χ1n) is 6.39. The molecule has 0 heterocycles. The van der Waals surface area contributed by atoms with Gasteiger partial charge in [-0.05, 0) is 26.0 Å². The number of hydrogen-bond donors (Lipinski definition) is 3. The first-order valence-corrected chi connectivity index (χ1v) is 7.87. The van der Waals surface area contributed by atoms with E-state index in [1.54, 1.807) is 18.2 Å². The van der Waals surface area contributed by atoms with Crippen molar-refractivity contribution in [1.29, 1.82) is 0 Å². The fourth-order valence-electron chi connectivity index (χ4n) is 1.50. The monoisotopic (exact) mass is 303 g/mol. The Labute approximate surface area is 119 Å². The maximum absolute atomic E-state index is 11.7. The first-order chi connectivity index (χ1) is 9.52. The topological polar surface area (TPSA) is 103 Å². The van der Waals surface area contributed by atoms with Gasteiger partial charge in [-0.25, -0.2) is 0 Å². The highest BCUT2D eigenvalue weighted by Crippen LogP contribution is 2.30. The Morgan fingerprint density at radius 3 is 2.40 bits per heavy atom. The fourth-order valence-corrected chi connectivity index (χ4v) is 2.40. The molecule has 0 fully saturated rings.